The van der Waals surface area contributed by atoms with Gasteiger partial charge in [-0.25, -0.2) is 8.42 Å². The highest BCUT2D eigenvalue weighted by Gasteiger charge is 2.34. The van der Waals surface area contributed by atoms with E-state index in [-0.39, 0.29) is 23.5 Å². The Bertz CT molecular complexity index is 480. The summed E-state index contributed by atoms with van der Waals surface area (Å²) in [5.74, 6) is 1.38. The Kier molecular flexibility index (Phi) is 5.27. The Labute approximate surface area is 127 Å². The fourth-order valence-electron chi connectivity index (χ4n) is 3.26. The molecule has 7 heteroatoms. The Morgan fingerprint density at radius 2 is 2.10 bits per heavy atom. The molecular weight excluding hydrogens is 290 g/mol. The number of amides is 1. The largest absolute Gasteiger partial charge is 0.341 e. The van der Waals surface area contributed by atoms with Gasteiger partial charge in [0.1, 0.15) is 0 Å². The summed E-state index contributed by atoms with van der Waals surface area (Å²) in [5.41, 5.74) is 5.79. The van der Waals surface area contributed by atoms with Gasteiger partial charge in [-0.2, -0.15) is 0 Å². The fourth-order valence-corrected chi connectivity index (χ4v) is 5.04. The Hall–Kier alpha value is -0.660. The molecule has 0 bridgehead atoms. The van der Waals surface area contributed by atoms with Crippen LogP contribution in [0.25, 0.3) is 0 Å². The quantitative estimate of drug-likeness (QED) is 0.759. The molecule has 122 valence electrons. The second-order valence-electron chi connectivity index (χ2n) is 6.56. The van der Waals surface area contributed by atoms with Gasteiger partial charge in [0.15, 0.2) is 9.84 Å². The van der Waals surface area contributed by atoms with Crippen molar-refractivity contribution in [2.24, 2.45) is 17.6 Å². The molecule has 0 aliphatic carbocycles. The first-order chi connectivity index (χ1) is 9.82. The lowest BCUT2D eigenvalue weighted by molar-refractivity contribution is -0.133. The lowest BCUT2D eigenvalue weighted by Gasteiger charge is -2.37. The average molecular weight is 317 g/mol. The molecule has 6 nitrogen and oxygen atoms in total. The van der Waals surface area contributed by atoms with Crippen molar-refractivity contribution < 1.29 is 13.2 Å². The zero-order chi connectivity index (χ0) is 15.6. The number of carbonyl (C=O) groups excluding carboxylic acids is 1. The highest BCUT2D eigenvalue weighted by atomic mass is 32.2. The van der Waals surface area contributed by atoms with E-state index < -0.39 is 9.84 Å². The van der Waals surface area contributed by atoms with E-state index in [4.69, 9.17) is 5.73 Å². The monoisotopic (exact) mass is 317 g/mol. The van der Waals surface area contributed by atoms with Crippen molar-refractivity contribution in [3.8, 4) is 0 Å². The summed E-state index contributed by atoms with van der Waals surface area (Å²) in [6.07, 6.45) is 1.63. The van der Waals surface area contributed by atoms with Gasteiger partial charge in [-0.3, -0.25) is 9.69 Å². The van der Waals surface area contributed by atoms with Crippen LogP contribution in [-0.2, 0) is 14.6 Å². The highest BCUT2D eigenvalue weighted by molar-refractivity contribution is 7.91. The molecule has 2 fully saturated rings. The van der Waals surface area contributed by atoms with E-state index in [0.717, 1.165) is 19.5 Å². The summed E-state index contributed by atoms with van der Waals surface area (Å²) in [7, 11) is -1.23. The maximum absolute atomic E-state index is 12.3. The average Bonchev–Trinajstić information content (AvgIpc) is 2.80. The van der Waals surface area contributed by atoms with Gasteiger partial charge >= 0.3 is 0 Å². The van der Waals surface area contributed by atoms with Gasteiger partial charge in [-0.1, -0.05) is 6.92 Å². The van der Waals surface area contributed by atoms with Gasteiger partial charge in [0.05, 0.1) is 18.1 Å². The normalized spacial score (nSPS) is 33.0. The summed E-state index contributed by atoms with van der Waals surface area (Å²) in [5, 5.41) is 0. The molecule has 2 N–H and O–H groups in total. The van der Waals surface area contributed by atoms with E-state index >= 15 is 0 Å². The number of hydrogen-bond acceptors (Lipinski definition) is 5. The predicted octanol–water partition coefficient (Wildman–Crippen LogP) is -0.451. The minimum absolute atomic E-state index is 0.0161. The minimum atomic E-state index is -2.95. The van der Waals surface area contributed by atoms with Crippen LogP contribution in [0.4, 0.5) is 0 Å². The second-order valence-corrected chi connectivity index (χ2v) is 8.79. The second kappa shape index (κ2) is 6.62. The van der Waals surface area contributed by atoms with Crippen LogP contribution in [0.2, 0.25) is 0 Å². The molecule has 1 amide bonds. The van der Waals surface area contributed by atoms with E-state index in [1.165, 1.54) is 0 Å². The smallest absolute Gasteiger partial charge is 0.236 e. The third kappa shape index (κ3) is 4.17. The molecule has 0 radical (unpaired) electrons. The number of likely N-dealkylation sites (tertiary alicyclic amines) is 1. The van der Waals surface area contributed by atoms with E-state index in [2.05, 4.69) is 11.8 Å². The first kappa shape index (κ1) is 16.7. The Morgan fingerprint density at radius 3 is 2.67 bits per heavy atom. The van der Waals surface area contributed by atoms with E-state index in [1.807, 2.05) is 0 Å². The third-order valence-electron chi connectivity index (χ3n) is 5.01. The lowest BCUT2D eigenvalue weighted by Crippen LogP contribution is -2.48. The molecule has 0 aromatic carbocycles. The van der Waals surface area contributed by atoms with E-state index in [0.29, 0.717) is 31.3 Å². The molecule has 2 rings (SSSR count). The molecule has 0 aromatic heterocycles. The number of rotatable bonds is 4. The van der Waals surface area contributed by atoms with Crippen LogP contribution in [0.3, 0.4) is 0 Å². The number of nitrogens with zero attached hydrogens (tertiary/aromatic N) is 2. The van der Waals surface area contributed by atoms with Gasteiger partial charge in [0, 0.05) is 19.6 Å². The maximum Gasteiger partial charge on any atom is 0.236 e. The van der Waals surface area contributed by atoms with Gasteiger partial charge in [0.25, 0.3) is 0 Å². The molecule has 3 unspecified atom stereocenters. The molecular formula is C14H27N3O3S. The van der Waals surface area contributed by atoms with Gasteiger partial charge in [0.2, 0.25) is 5.91 Å². The van der Waals surface area contributed by atoms with Gasteiger partial charge in [-0.05, 0) is 37.8 Å². The summed E-state index contributed by atoms with van der Waals surface area (Å²) >= 11 is 0. The van der Waals surface area contributed by atoms with Crippen LogP contribution < -0.4 is 5.73 Å². The number of carbonyl (C=O) groups is 1. The van der Waals surface area contributed by atoms with Crippen molar-refractivity contribution in [1.82, 2.24) is 9.80 Å². The molecule has 21 heavy (non-hydrogen) atoms. The van der Waals surface area contributed by atoms with Crippen molar-refractivity contribution in [3.63, 3.8) is 0 Å². The summed E-state index contributed by atoms with van der Waals surface area (Å²) in [6.45, 7) is 5.02. The topological polar surface area (TPSA) is 83.7 Å². The summed E-state index contributed by atoms with van der Waals surface area (Å²) in [6, 6.07) is -0.156. The molecule has 2 heterocycles. The molecule has 2 aliphatic rings. The zero-order valence-corrected chi connectivity index (χ0v) is 13.8. The van der Waals surface area contributed by atoms with Crippen molar-refractivity contribution in [2.75, 3.05) is 44.7 Å². The molecule has 2 saturated heterocycles. The number of piperidine rings is 1. The van der Waals surface area contributed by atoms with E-state index in [1.54, 1.807) is 11.9 Å². The maximum atomic E-state index is 12.3. The summed E-state index contributed by atoms with van der Waals surface area (Å²) in [4.78, 5) is 16.1. The van der Waals surface area contributed by atoms with E-state index in [9.17, 15) is 13.2 Å². The third-order valence-corrected chi connectivity index (χ3v) is 6.76. The number of likely N-dealkylation sites (N-methyl/N-ethyl adjacent to an activating group) is 1. The van der Waals surface area contributed by atoms with Crippen molar-refractivity contribution in [2.45, 2.75) is 25.8 Å². The van der Waals surface area contributed by atoms with Gasteiger partial charge < -0.3 is 10.6 Å². The number of sulfone groups is 1. The van der Waals surface area contributed by atoms with Crippen LogP contribution in [-0.4, -0.2) is 74.9 Å². The minimum Gasteiger partial charge on any atom is -0.341 e. The van der Waals surface area contributed by atoms with Crippen molar-refractivity contribution in [3.05, 3.63) is 0 Å². The SMILES string of the molecule is CC1CCN(CC(=O)N(C)C2CCS(=O)(=O)C2)CC1CN. The zero-order valence-electron chi connectivity index (χ0n) is 13.0. The fraction of sp³-hybridized carbons (Fsp3) is 0.929. The lowest BCUT2D eigenvalue weighted by atomic mass is 9.87. The van der Waals surface area contributed by atoms with Crippen molar-refractivity contribution >= 4 is 15.7 Å². The number of hydrogen-bond donors (Lipinski definition) is 1. The molecule has 0 saturated carbocycles. The predicted molar refractivity (Wildman–Crippen MR) is 82.6 cm³/mol. The van der Waals surface area contributed by atoms with Crippen LogP contribution in [0.5, 0.6) is 0 Å². The van der Waals surface area contributed by atoms with Crippen LogP contribution >= 0.6 is 0 Å². The summed E-state index contributed by atoms with van der Waals surface area (Å²) < 4.78 is 23.0. The standard InChI is InChI=1S/C14H27N3O3S/c1-11-3-5-17(8-12(11)7-15)9-14(18)16(2)13-4-6-21(19,20)10-13/h11-13H,3-10,15H2,1-2H3. The Morgan fingerprint density at radius 1 is 1.38 bits per heavy atom. The Balaban J connectivity index is 1.86. The highest BCUT2D eigenvalue weighted by Crippen LogP contribution is 2.22. The molecule has 2 aliphatic heterocycles. The molecule has 0 spiro atoms. The number of nitrogens with two attached hydrogens (primary N) is 1. The first-order valence-electron chi connectivity index (χ1n) is 7.71. The van der Waals surface area contributed by atoms with Crippen LogP contribution in [0.1, 0.15) is 19.8 Å². The molecule has 3 atom stereocenters. The van der Waals surface area contributed by atoms with Crippen LogP contribution in [0.15, 0.2) is 0 Å². The van der Waals surface area contributed by atoms with Crippen molar-refractivity contribution in [1.29, 1.82) is 0 Å². The molecule has 0 aromatic rings. The first-order valence-corrected chi connectivity index (χ1v) is 9.53. The van der Waals surface area contributed by atoms with Crippen LogP contribution in [0, 0.1) is 11.8 Å². The van der Waals surface area contributed by atoms with Gasteiger partial charge in [-0.15, -0.1) is 0 Å².